The first-order valence-electron chi connectivity index (χ1n) is 9.74. The number of hydrogen-bond acceptors (Lipinski definition) is 5. The number of carbonyl (C=O) groups is 2. The van der Waals surface area contributed by atoms with Gasteiger partial charge in [0.15, 0.2) is 11.6 Å². The molecule has 2 heterocycles. The molecule has 0 fully saturated rings. The molecule has 0 unspecified atom stereocenters. The molecule has 0 spiro atoms. The van der Waals surface area contributed by atoms with E-state index in [1.54, 1.807) is 0 Å². The van der Waals surface area contributed by atoms with Crippen LogP contribution in [-0.2, 0) is 9.59 Å². The molecule has 0 saturated carbocycles. The van der Waals surface area contributed by atoms with E-state index in [-0.39, 0.29) is 11.8 Å². The van der Waals surface area contributed by atoms with Crippen LogP contribution < -0.4 is 15.4 Å². The molecule has 2 rings (SSSR count). The fourth-order valence-electron chi connectivity index (χ4n) is 2.19. The lowest BCUT2D eigenvalue weighted by atomic mass is 9.96. The number of rotatable bonds is 4. The molecule has 0 bridgehead atoms. The van der Waals surface area contributed by atoms with Gasteiger partial charge < -0.3 is 15.4 Å². The number of pyridine rings is 2. The Bertz CT molecular complexity index is 943. The van der Waals surface area contributed by atoms with Crippen LogP contribution in [0.3, 0.4) is 0 Å². The summed E-state index contributed by atoms with van der Waals surface area (Å²) in [5, 5.41) is 5.64. The highest BCUT2D eigenvalue weighted by molar-refractivity contribution is 9.11. The third-order valence-electron chi connectivity index (χ3n) is 4.26. The molecule has 0 atom stereocenters. The predicted molar refractivity (Wildman–Crippen MR) is 130 cm³/mol. The molecule has 0 aliphatic rings. The quantitative estimate of drug-likeness (QED) is 0.456. The lowest BCUT2D eigenvalue weighted by molar-refractivity contribution is -0.123. The molecular formula is C22H28Br2N4O3. The van der Waals surface area contributed by atoms with Gasteiger partial charge in [-0.25, -0.2) is 0 Å². The molecule has 0 radical (unpaired) electrons. The maximum Gasteiger partial charge on any atom is 0.230 e. The predicted octanol–water partition coefficient (Wildman–Crippen LogP) is 6.38. The zero-order chi connectivity index (χ0) is 23.7. The highest BCUT2D eigenvalue weighted by Crippen LogP contribution is 2.34. The number of ether oxygens (including phenoxy) is 1. The van der Waals surface area contributed by atoms with Gasteiger partial charge in [0.1, 0.15) is 0 Å². The van der Waals surface area contributed by atoms with Crippen LogP contribution in [0, 0.1) is 24.7 Å². The molecule has 2 aromatic heterocycles. The molecule has 0 aliphatic carbocycles. The van der Waals surface area contributed by atoms with Crippen LogP contribution in [0.5, 0.6) is 11.8 Å². The van der Waals surface area contributed by atoms with Crippen LogP contribution in [0.15, 0.2) is 21.1 Å². The number of anilines is 2. The number of aromatic nitrogens is 2. The fraction of sp³-hybridized carbons (Fsp3) is 0.455. The van der Waals surface area contributed by atoms with Crippen LogP contribution >= 0.6 is 31.9 Å². The zero-order valence-electron chi connectivity index (χ0n) is 19.0. The summed E-state index contributed by atoms with van der Waals surface area (Å²) < 4.78 is 7.29. The second kappa shape index (κ2) is 9.24. The Balaban J connectivity index is 2.39. The standard InChI is InChI=1S/C22H28Br2N4O3/c1-11-9-13(23)15(27-19(29)21(3,4)5)25-17(11)31-18-12(2)10-14(24)16(26-18)28-20(30)22(6,7)8/h9-10H,1-8H3,(H,25,27,29)(H,26,28,30). The highest BCUT2D eigenvalue weighted by atomic mass is 79.9. The van der Waals surface area contributed by atoms with Gasteiger partial charge in [-0.3, -0.25) is 9.59 Å². The Labute approximate surface area is 200 Å². The summed E-state index contributed by atoms with van der Waals surface area (Å²) in [6.45, 7) is 14.6. The minimum absolute atomic E-state index is 0.166. The van der Waals surface area contributed by atoms with Gasteiger partial charge in [-0.05, 0) is 57.8 Å². The third-order valence-corrected chi connectivity index (χ3v) is 5.47. The van der Waals surface area contributed by atoms with Gasteiger partial charge in [0.25, 0.3) is 0 Å². The van der Waals surface area contributed by atoms with Gasteiger partial charge in [0, 0.05) is 22.0 Å². The second-order valence-corrected chi connectivity index (χ2v) is 11.1. The van der Waals surface area contributed by atoms with Crippen LogP contribution in [0.25, 0.3) is 0 Å². The van der Waals surface area contributed by atoms with Crippen molar-refractivity contribution in [1.82, 2.24) is 9.97 Å². The largest absolute Gasteiger partial charge is 0.420 e. The first-order valence-corrected chi connectivity index (χ1v) is 11.3. The van der Waals surface area contributed by atoms with Crippen molar-refractivity contribution in [2.24, 2.45) is 10.8 Å². The zero-order valence-corrected chi connectivity index (χ0v) is 22.2. The monoisotopic (exact) mass is 554 g/mol. The number of nitrogens with one attached hydrogen (secondary N) is 2. The van der Waals surface area contributed by atoms with Crippen molar-refractivity contribution in [2.75, 3.05) is 10.6 Å². The van der Waals surface area contributed by atoms with E-state index < -0.39 is 10.8 Å². The van der Waals surface area contributed by atoms with Crippen molar-refractivity contribution < 1.29 is 14.3 Å². The molecule has 31 heavy (non-hydrogen) atoms. The van der Waals surface area contributed by atoms with Crippen LogP contribution in [0.2, 0.25) is 0 Å². The third kappa shape index (κ3) is 6.49. The molecule has 0 aromatic carbocycles. The average Bonchev–Trinajstić information content (AvgIpc) is 2.61. The molecule has 9 heteroatoms. The first kappa shape index (κ1) is 25.3. The molecule has 2 N–H and O–H groups in total. The molecule has 7 nitrogen and oxygen atoms in total. The van der Waals surface area contributed by atoms with Crippen molar-refractivity contribution >= 4 is 55.3 Å². The second-order valence-electron chi connectivity index (χ2n) is 9.39. The van der Waals surface area contributed by atoms with Gasteiger partial charge in [-0.2, -0.15) is 9.97 Å². The van der Waals surface area contributed by atoms with Crippen molar-refractivity contribution in [1.29, 1.82) is 0 Å². The number of halogens is 2. The number of nitrogens with zero attached hydrogens (tertiary/aromatic N) is 2. The Morgan fingerprint density at radius 2 is 1.10 bits per heavy atom. The minimum atomic E-state index is -0.572. The summed E-state index contributed by atoms with van der Waals surface area (Å²) in [4.78, 5) is 33.7. The maximum absolute atomic E-state index is 12.4. The van der Waals surface area contributed by atoms with Crippen LogP contribution in [0.1, 0.15) is 52.7 Å². The van der Waals surface area contributed by atoms with E-state index in [0.717, 1.165) is 11.1 Å². The van der Waals surface area contributed by atoms with Crippen molar-refractivity contribution in [3.8, 4) is 11.8 Å². The van der Waals surface area contributed by atoms with E-state index in [1.807, 2.05) is 67.5 Å². The number of carbonyl (C=O) groups excluding carboxylic acids is 2. The van der Waals surface area contributed by atoms with E-state index >= 15 is 0 Å². The Hall–Kier alpha value is -2.00. The normalized spacial score (nSPS) is 11.8. The van der Waals surface area contributed by atoms with Gasteiger partial charge in [-0.1, -0.05) is 41.5 Å². The summed E-state index contributed by atoms with van der Waals surface area (Å²) >= 11 is 6.88. The highest BCUT2D eigenvalue weighted by Gasteiger charge is 2.25. The van der Waals surface area contributed by atoms with E-state index in [0.29, 0.717) is 32.3 Å². The van der Waals surface area contributed by atoms with Crippen molar-refractivity contribution in [3.05, 3.63) is 32.2 Å². The Morgan fingerprint density at radius 3 is 1.39 bits per heavy atom. The van der Waals surface area contributed by atoms with Gasteiger partial charge >= 0.3 is 0 Å². The first-order chi connectivity index (χ1) is 14.1. The van der Waals surface area contributed by atoms with E-state index in [9.17, 15) is 9.59 Å². The average molecular weight is 556 g/mol. The van der Waals surface area contributed by atoms with E-state index in [2.05, 4.69) is 52.5 Å². The molecule has 2 aromatic rings. The lowest BCUT2D eigenvalue weighted by Gasteiger charge is -2.20. The lowest BCUT2D eigenvalue weighted by Crippen LogP contribution is -2.28. The van der Waals surface area contributed by atoms with Gasteiger partial charge in [0.05, 0.1) is 8.95 Å². The summed E-state index contributed by atoms with van der Waals surface area (Å²) in [6.07, 6.45) is 0. The summed E-state index contributed by atoms with van der Waals surface area (Å²) in [5.74, 6) is 0.992. The molecule has 0 aliphatic heterocycles. The summed E-state index contributed by atoms with van der Waals surface area (Å²) in [6, 6.07) is 3.63. The summed E-state index contributed by atoms with van der Waals surface area (Å²) in [7, 11) is 0. The smallest absolute Gasteiger partial charge is 0.230 e. The van der Waals surface area contributed by atoms with Crippen LogP contribution in [0.4, 0.5) is 11.6 Å². The number of amides is 2. The topological polar surface area (TPSA) is 93.2 Å². The van der Waals surface area contributed by atoms with E-state index in [1.165, 1.54) is 0 Å². The maximum atomic E-state index is 12.4. The molecular weight excluding hydrogens is 528 g/mol. The summed E-state index contributed by atoms with van der Waals surface area (Å²) in [5.41, 5.74) is 0.365. The van der Waals surface area contributed by atoms with E-state index in [4.69, 9.17) is 4.74 Å². The van der Waals surface area contributed by atoms with Crippen LogP contribution in [-0.4, -0.2) is 21.8 Å². The minimum Gasteiger partial charge on any atom is -0.420 e. The fourth-order valence-corrected chi connectivity index (χ4v) is 3.25. The number of hydrogen-bond donors (Lipinski definition) is 2. The molecule has 2 amide bonds. The molecule has 168 valence electrons. The van der Waals surface area contributed by atoms with Gasteiger partial charge in [0.2, 0.25) is 23.6 Å². The number of aryl methyl sites for hydroxylation is 2. The molecule has 0 saturated heterocycles. The van der Waals surface area contributed by atoms with Gasteiger partial charge in [-0.15, -0.1) is 0 Å². The Morgan fingerprint density at radius 1 is 0.774 bits per heavy atom. The van der Waals surface area contributed by atoms with Crippen molar-refractivity contribution in [2.45, 2.75) is 55.4 Å². The SMILES string of the molecule is Cc1cc(Br)c(NC(=O)C(C)(C)C)nc1Oc1nc(NC(=O)C(C)(C)C)c(Br)cc1C. The Kier molecular flexibility index (Phi) is 7.53. The van der Waals surface area contributed by atoms with Crippen molar-refractivity contribution in [3.63, 3.8) is 0 Å².